The summed E-state index contributed by atoms with van der Waals surface area (Å²) in [6, 6.07) is 12.2. The van der Waals surface area contributed by atoms with Gasteiger partial charge in [0.05, 0.1) is 12.2 Å². The topological polar surface area (TPSA) is 75.7 Å². The first-order valence-electron chi connectivity index (χ1n) is 9.08. The number of aromatic nitrogens is 1. The molecule has 4 rings (SSSR count). The highest BCUT2D eigenvalue weighted by Gasteiger charge is 2.23. The lowest BCUT2D eigenvalue weighted by Crippen LogP contribution is -2.43. The third kappa shape index (κ3) is 4.36. The van der Waals surface area contributed by atoms with Crippen LogP contribution in [0.5, 0.6) is 0 Å². The van der Waals surface area contributed by atoms with E-state index in [9.17, 15) is 4.55 Å². The predicted octanol–water partition coefficient (Wildman–Crippen LogP) is 1.40. The Morgan fingerprint density at radius 1 is 1.11 bits per heavy atom. The molecule has 0 amide bonds. The van der Waals surface area contributed by atoms with E-state index >= 15 is 0 Å². The van der Waals surface area contributed by atoms with Gasteiger partial charge >= 0.3 is 11.4 Å². The summed E-state index contributed by atoms with van der Waals surface area (Å²) in [5.41, 5.74) is 6.38. The van der Waals surface area contributed by atoms with Crippen molar-refractivity contribution >= 4 is 17.2 Å². The van der Waals surface area contributed by atoms with Crippen LogP contribution in [0.25, 0.3) is 11.1 Å². The normalized spacial score (nSPS) is 18.4. The lowest BCUT2D eigenvalue weighted by Gasteiger charge is -2.28. The SMILES string of the molecule is CN1C=C(N[S+](O)c2ccc(-c3ccnc(N4CCNCC4)c3)cc2)CN1. The van der Waals surface area contributed by atoms with Gasteiger partial charge in [-0.25, -0.2) is 10.4 Å². The van der Waals surface area contributed by atoms with E-state index in [-0.39, 0.29) is 0 Å². The second-order valence-corrected chi connectivity index (χ2v) is 7.90. The summed E-state index contributed by atoms with van der Waals surface area (Å²) in [4.78, 5) is 7.71. The smallest absolute Gasteiger partial charge is 0.303 e. The Morgan fingerprint density at radius 3 is 2.59 bits per heavy atom. The van der Waals surface area contributed by atoms with Gasteiger partial charge in [0, 0.05) is 45.6 Å². The van der Waals surface area contributed by atoms with Gasteiger partial charge in [0.1, 0.15) is 5.82 Å². The Balaban J connectivity index is 1.46. The number of nitrogens with one attached hydrogen (secondary N) is 3. The van der Waals surface area contributed by atoms with Crippen molar-refractivity contribution in [3.63, 3.8) is 0 Å². The summed E-state index contributed by atoms with van der Waals surface area (Å²) in [7, 11) is 1.93. The van der Waals surface area contributed by atoms with Gasteiger partial charge in [-0.2, -0.15) is 9.27 Å². The molecule has 1 atom stereocenters. The third-order valence-corrected chi connectivity index (χ3v) is 5.87. The molecule has 0 bridgehead atoms. The first-order chi connectivity index (χ1) is 13.2. The lowest BCUT2D eigenvalue weighted by atomic mass is 10.1. The number of nitrogens with zero attached hydrogens (tertiary/aromatic N) is 3. The van der Waals surface area contributed by atoms with Crippen LogP contribution in [0.2, 0.25) is 0 Å². The minimum Gasteiger partial charge on any atom is -0.354 e. The number of rotatable bonds is 5. The predicted molar refractivity (Wildman–Crippen MR) is 110 cm³/mol. The largest absolute Gasteiger partial charge is 0.354 e. The van der Waals surface area contributed by atoms with Gasteiger partial charge < -0.3 is 15.2 Å². The maximum absolute atomic E-state index is 10.4. The number of hydrogen-bond acceptors (Lipinski definition) is 7. The van der Waals surface area contributed by atoms with Crippen molar-refractivity contribution in [1.29, 1.82) is 0 Å². The van der Waals surface area contributed by atoms with Crippen LogP contribution in [-0.4, -0.2) is 54.3 Å². The average Bonchev–Trinajstić information content (AvgIpc) is 3.13. The molecule has 0 saturated carbocycles. The summed E-state index contributed by atoms with van der Waals surface area (Å²) in [5.74, 6) is 1.02. The molecule has 2 aliphatic heterocycles. The fourth-order valence-corrected chi connectivity index (χ4v) is 4.11. The fraction of sp³-hybridized carbons (Fsp3) is 0.316. The van der Waals surface area contributed by atoms with Crippen LogP contribution in [-0.2, 0) is 11.4 Å². The van der Waals surface area contributed by atoms with Crippen molar-refractivity contribution in [3.8, 4) is 11.1 Å². The minimum atomic E-state index is -1.02. The third-order valence-electron chi connectivity index (χ3n) is 4.69. The van der Waals surface area contributed by atoms with E-state index in [1.165, 1.54) is 0 Å². The quantitative estimate of drug-likeness (QED) is 0.580. The number of pyridine rings is 1. The van der Waals surface area contributed by atoms with E-state index in [0.717, 1.165) is 53.7 Å². The van der Waals surface area contributed by atoms with Crippen LogP contribution >= 0.6 is 0 Å². The first-order valence-corrected chi connectivity index (χ1v) is 10.3. The molecule has 7 nitrogen and oxygen atoms in total. The summed E-state index contributed by atoms with van der Waals surface area (Å²) in [6.45, 7) is 4.65. The van der Waals surface area contributed by atoms with Crippen LogP contribution < -0.4 is 20.4 Å². The number of piperazine rings is 1. The van der Waals surface area contributed by atoms with E-state index in [1.54, 1.807) is 0 Å². The molecule has 0 radical (unpaired) electrons. The molecule has 2 aliphatic rings. The molecule has 0 aliphatic carbocycles. The van der Waals surface area contributed by atoms with E-state index in [2.05, 4.69) is 43.5 Å². The van der Waals surface area contributed by atoms with E-state index < -0.39 is 11.4 Å². The minimum absolute atomic E-state index is 0.699. The molecule has 2 aromatic rings. The molecule has 27 heavy (non-hydrogen) atoms. The molecule has 1 saturated heterocycles. The van der Waals surface area contributed by atoms with Crippen molar-refractivity contribution in [2.75, 3.05) is 44.7 Å². The number of hydrazine groups is 1. The molecule has 8 heteroatoms. The van der Waals surface area contributed by atoms with E-state index in [0.29, 0.717) is 6.54 Å². The Morgan fingerprint density at radius 2 is 1.89 bits per heavy atom. The van der Waals surface area contributed by atoms with Crippen molar-refractivity contribution in [1.82, 2.24) is 25.5 Å². The molecule has 3 heterocycles. The molecule has 1 aromatic heterocycles. The van der Waals surface area contributed by atoms with Crippen LogP contribution in [0.1, 0.15) is 0 Å². The monoisotopic (exact) mass is 385 g/mol. The Labute approximate surface area is 162 Å². The molecule has 1 unspecified atom stereocenters. The summed E-state index contributed by atoms with van der Waals surface area (Å²) < 4.78 is 13.6. The van der Waals surface area contributed by atoms with E-state index in [1.807, 2.05) is 42.7 Å². The number of anilines is 1. The Hall–Kier alpha value is -2.26. The van der Waals surface area contributed by atoms with Crippen LogP contribution in [0.4, 0.5) is 5.82 Å². The van der Waals surface area contributed by atoms with Gasteiger partial charge in [-0.05, 0) is 47.5 Å². The molecule has 1 fully saturated rings. The molecule has 142 valence electrons. The second kappa shape index (κ2) is 8.18. The maximum Gasteiger partial charge on any atom is 0.303 e. The van der Waals surface area contributed by atoms with Gasteiger partial charge in [-0.1, -0.05) is 0 Å². The molecule has 1 aromatic carbocycles. The van der Waals surface area contributed by atoms with Gasteiger partial charge in [0.2, 0.25) is 4.90 Å². The van der Waals surface area contributed by atoms with Gasteiger partial charge in [0.15, 0.2) is 0 Å². The van der Waals surface area contributed by atoms with Crippen molar-refractivity contribution in [2.24, 2.45) is 0 Å². The van der Waals surface area contributed by atoms with Crippen molar-refractivity contribution in [2.45, 2.75) is 4.90 Å². The Bertz CT molecular complexity index is 806. The highest BCUT2D eigenvalue weighted by Crippen LogP contribution is 2.24. The molecule has 0 spiro atoms. The standard InChI is InChI=1S/C19H25N6OS/c1-24-14-17(13-22-24)23-27(26)18-4-2-15(3-5-18)16-6-7-21-19(12-16)25-10-8-20-9-11-25/h2-7,12,14,20,22-23,26H,8-11,13H2,1H3/q+1. The lowest BCUT2D eigenvalue weighted by molar-refractivity contribution is 0.373. The van der Waals surface area contributed by atoms with Gasteiger partial charge in [0.25, 0.3) is 0 Å². The zero-order chi connectivity index (χ0) is 18.6. The van der Waals surface area contributed by atoms with Gasteiger partial charge in [-0.3, -0.25) is 0 Å². The zero-order valence-corrected chi connectivity index (χ0v) is 16.2. The summed E-state index contributed by atoms with van der Waals surface area (Å²) >= 11 is -1.02. The highest BCUT2D eigenvalue weighted by molar-refractivity contribution is 7.89. The Kier molecular flexibility index (Phi) is 5.49. The highest BCUT2D eigenvalue weighted by atomic mass is 32.2. The van der Waals surface area contributed by atoms with Gasteiger partial charge in [-0.15, -0.1) is 0 Å². The van der Waals surface area contributed by atoms with E-state index in [4.69, 9.17) is 0 Å². The molecular formula is C19H25N6OS+. The van der Waals surface area contributed by atoms with Crippen molar-refractivity contribution in [3.05, 3.63) is 54.5 Å². The van der Waals surface area contributed by atoms with Crippen LogP contribution in [0.3, 0.4) is 0 Å². The zero-order valence-electron chi connectivity index (χ0n) is 15.4. The number of hydrogen-bond donors (Lipinski definition) is 4. The second-order valence-electron chi connectivity index (χ2n) is 6.65. The number of benzene rings is 1. The fourth-order valence-electron chi connectivity index (χ4n) is 3.22. The molecule has 4 N–H and O–H groups in total. The first kappa shape index (κ1) is 18.1. The molecular weight excluding hydrogens is 360 g/mol. The van der Waals surface area contributed by atoms with Crippen LogP contribution in [0, 0.1) is 0 Å². The summed E-state index contributed by atoms with van der Waals surface area (Å²) in [6.07, 6.45) is 3.81. The maximum atomic E-state index is 10.4. The summed E-state index contributed by atoms with van der Waals surface area (Å²) in [5, 5.41) is 5.24. The average molecular weight is 386 g/mol. The van der Waals surface area contributed by atoms with Crippen LogP contribution in [0.15, 0.2) is 59.4 Å². The van der Waals surface area contributed by atoms with Crippen molar-refractivity contribution < 1.29 is 4.55 Å².